The Hall–Kier alpha value is -9.69. The summed E-state index contributed by atoms with van der Waals surface area (Å²) < 4.78 is 24.5. The molecule has 0 atom stereocenters. The number of aliphatic hydroxyl groups is 2. The minimum atomic E-state index is -0.571. The first-order valence-electron chi connectivity index (χ1n) is 38.5. The van der Waals surface area contributed by atoms with Gasteiger partial charge in [-0.1, -0.05) is 182 Å². The van der Waals surface area contributed by atoms with Gasteiger partial charge in [-0.15, -0.1) is 0 Å². The molecule has 9 aromatic carbocycles. The van der Waals surface area contributed by atoms with Gasteiger partial charge in [-0.05, 0) is 269 Å². The van der Waals surface area contributed by atoms with E-state index in [2.05, 4.69) is 174 Å². The number of phenols is 1. The molecule has 107 heavy (non-hydrogen) atoms. The van der Waals surface area contributed by atoms with Gasteiger partial charge >= 0.3 is 11.9 Å². The Bertz CT molecular complexity index is 4330. The second kappa shape index (κ2) is 38.7. The molecule has 3 aliphatic rings. The second-order valence-corrected chi connectivity index (χ2v) is 30.7. The molecule has 12 rings (SSSR count). The Balaban J connectivity index is 0.000000172. The maximum Gasteiger partial charge on any atom is 0.316 e. The molecule has 3 N–H and O–H groups in total. The molecule has 0 unspecified atom stereocenters. The Labute approximate surface area is 636 Å². The predicted molar refractivity (Wildman–Crippen MR) is 441 cm³/mol. The molecule has 2 saturated heterocycles. The summed E-state index contributed by atoms with van der Waals surface area (Å²) in [5, 5.41) is 29.2. The number of rotatable bonds is 24. The topological polar surface area (TPSA) is 126 Å². The Morgan fingerprint density at radius 2 is 0.738 bits per heavy atom. The van der Waals surface area contributed by atoms with Crippen molar-refractivity contribution in [1.29, 1.82) is 0 Å². The molecule has 1 aliphatic carbocycles. The van der Waals surface area contributed by atoms with Crippen LogP contribution in [0.4, 0.5) is 15.8 Å². The van der Waals surface area contributed by atoms with Crippen molar-refractivity contribution >= 4 is 56.8 Å². The number of benzene rings is 9. The van der Waals surface area contributed by atoms with Crippen LogP contribution in [0.25, 0.3) is 33.4 Å². The van der Waals surface area contributed by atoms with E-state index in [0.717, 1.165) is 138 Å². The minimum absolute atomic E-state index is 0.133. The highest BCUT2D eigenvalue weighted by molar-refractivity contribution is 6.01. The van der Waals surface area contributed by atoms with Crippen LogP contribution in [0.3, 0.4) is 0 Å². The number of anilines is 2. The van der Waals surface area contributed by atoms with Crippen molar-refractivity contribution in [1.82, 2.24) is 9.80 Å². The number of aromatic hydroxyl groups is 1. The van der Waals surface area contributed by atoms with E-state index in [1.54, 1.807) is 12.1 Å². The lowest BCUT2D eigenvalue weighted by molar-refractivity contribution is -0.143. The van der Waals surface area contributed by atoms with Crippen molar-refractivity contribution in [3.63, 3.8) is 0 Å². The van der Waals surface area contributed by atoms with Crippen LogP contribution >= 0.6 is 0 Å². The predicted octanol–water partition coefficient (Wildman–Crippen LogP) is 20.4. The quantitative estimate of drug-likeness (QED) is 0.0304. The van der Waals surface area contributed by atoms with E-state index in [4.69, 9.17) is 9.47 Å². The summed E-state index contributed by atoms with van der Waals surface area (Å²) in [6.45, 7) is 24.0. The maximum absolute atomic E-state index is 13.3. The molecule has 0 amide bonds. The molecule has 0 radical (unpaired) electrons. The summed E-state index contributed by atoms with van der Waals surface area (Å²) in [5.74, 6) is 1.48. The third-order valence-corrected chi connectivity index (χ3v) is 20.5. The highest BCUT2D eigenvalue weighted by Gasteiger charge is 2.28. The number of halogens is 1. The van der Waals surface area contributed by atoms with Crippen molar-refractivity contribution in [3.05, 3.63) is 292 Å². The highest BCUT2D eigenvalue weighted by atomic mass is 19.1. The fourth-order valence-electron chi connectivity index (χ4n) is 13.9. The Morgan fingerprint density at radius 3 is 1.05 bits per heavy atom. The number of carbonyl (C=O) groups excluding carboxylic acids is 2. The zero-order valence-electron chi connectivity index (χ0n) is 64.5. The number of aliphatic hydroxyl groups excluding tert-OH is 2. The maximum atomic E-state index is 13.3. The van der Waals surface area contributed by atoms with Gasteiger partial charge in [0.25, 0.3) is 0 Å². The van der Waals surface area contributed by atoms with E-state index in [9.17, 15) is 29.3 Å². The van der Waals surface area contributed by atoms with Crippen LogP contribution in [0.5, 0.6) is 17.2 Å². The molecule has 3 fully saturated rings. The van der Waals surface area contributed by atoms with Crippen LogP contribution in [0.15, 0.2) is 237 Å². The number of piperazine rings is 2. The summed E-state index contributed by atoms with van der Waals surface area (Å²) in [6.07, 6.45) is 7.84. The molecule has 12 heteroatoms. The first-order chi connectivity index (χ1) is 51.7. The lowest BCUT2D eigenvalue weighted by Gasteiger charge is -2.38. The van der Waals surface area contributed by atoms with Crippen molar-refractivity contribution < 1.29 is 38.8 Å². The Morgan fingerprint density at radius 1 is 0.421 bits per heavy atom. The third kappa shape index (κ3) is 22.2. The summed E-state index contributed by atoms with van der Waals surface area (Å²) in [5.41, 5.74) is 19.6. The normalized spacial score (nSPS) is 15.1. The van der Waals surface area contributed by atoms with Crippen LogP contribution < -0.4 is 19.3 Å². The molecule has 1 saturated carbocycles. The molecule has 0 bridgehead atoms. The van der Waals surface area contributed by atoms with Crippen molar-refractivity contribution in [2.45, 2.75) is 125 Å². The number of carbonyl (C=O) groups is 2. The summed E-state index contributed by atoms with van der Waals surface area (Å²) in [7, 11) is 2.17. The van der Waals surface area contributed by atoms with Crippen LogP contribution in [0, 0.1) is 10.8 Å². The van der Waals surface area contributed by atoms with Crippen molar-refractivity contribution in [2.24, 2.45) is 10.8 Å². The largest absolute Gasteiger partial charge is 0.508 e. The third-order valence-electron chi connectivity index (χ3n) is 20.5. The van der Waals surface area contributed by atoms with Crippen molar-refractivity contribution in [3.8, 4) is 17.2 Å². The van der Waals surface area contributed by atoms with Crippen LogP contribution in [-0.2, 0) is 9.59 Å². The zero-order valence-corrected chi connectivity index (χ0v) is 64.5. The van der Waals surface area contributed by atoms with Gasteiger partial charge in [-0.3, -0.25) is 18.9 Å². The first kappa shape index (κ1) is 79.9. The van der Waals surface area contributed by atoms with Crippen LogP contribution in [0.1, 0.15) is 175 Å². The molecular formula is C95H111FN4O7. The smallest absolute Gasteiger partial charge is 0.316 e. The number of phenolic OH excluding ortho intramolecular Hbond substituents is 1. The number of hydrogen-bond donors (Lipinski definition) is 3. The molecule has 560 valence electrons. The molecule has 0 aromatic heterocycles. The van der Waals surface area contributed by atoms with Gasteiger partial charge < -0.3 is 39.5 Å². The molecule has 2 aliphatic heterocycles. The van der Waals surface area contributed by atoms with Crippen LogP contribution in [0.2, 0.25) is 0 Å². The average Bonchev–Trinajstić information content (AvgIpc) is 0.802. The fourth-order valence-corrected chi connectivity index (χ4v) is 13.9. The molecule has 2 heterocycles. The van der Waals surface area contributed by atoms with Gasteiger partial charge in [0.2, 0.25) is 0 Å². The lowest BCUT2D eigenvalue weighted by Crippen LogP contribution is -2.48. The number of esters is 2. The van der Waals surface area contributed by atoms with E-state index < -0.39 is 10.8 Å². The summed E-state index contributed by atoms with van der Waals surface area (Å²) >= 11 is 0. The van der Waals surface area contributed by atoms with Gasteiger partial charge in [-0.25, -0.2) is 0 Å². The van der Waals surface area contributed by atoms with Gasteiger partial charge in [-0.2, -0.15) is 0 Å². The monoisotopic (exact) mass is 1440 g/mol. The molecular weight excluding hydrogens is 1330 g/mol. The van der Waals surface area contributed by atoms with E-state index in [1.165, 1.54) is 47.3 Å². The highest BCUT2D eigenvalue weighted by Crippen LogP contribution is 2.42. The van der Waals surface area contributed by atoms with Gasteiger partial charge in [0.15, 0.2) is 0 Å². The SMILES string of the molecule is CC(C)(C)C(=O)Oc1ccc(/C(=C(\CCCF)c2ccccc2)c2ccc(C3CCC3)cc2)cc1.CC(C)N1CCN(c2ccc(/C(=C(/CCCO)c3ccccc3)c3ccc(O)cc3)cc2)CC1.CN1CCN(c2ccc(/C(=C(/CCCO)c3ccccc3)c3ccc(OC(=O)C(C)(C)C)cc3)cc2)CC1. The molecule has 0 spiro atoms. The zero-order chi connectivity index (χ0) is 75.9. The second-order valence-electron chi connectivity index (χ2n) is 30.7. The van der Waals surface area contributed by atoms with Gasteiger partial charge in [0, 0.05) is 83.0 Å². The fraction of sp³-hybridized carbons (Fsp3) is 0.347. The standard InChI is InChI=1S/C33H40N2O3.C32H35FO2.C30H36N2O2/c1-33(2,3)32(37)38-29-18-14-27(15-19-29)31(30(11-8-24-36)25-9-6-5-7-10-25)26-12-16-28(17-13-26)35-22-20-34(4)21-23-35;1-32(2,3)31(34)35-28-20-18-27(19-21-28)30(26-16-14-24(15-17-26)23-11-7-12-23)29(13-8-22-33)25-9-5-4-6-10-25;1-23(2)31-18-20-32(21-19-31)27-14-10-25(11-15-27)30(26-12-16-28(34)17-13-26)29(9-6-22-33)24-7-4-3-5-8-24/h5-7,9-10,12-19,36H,8,11,20-24H2,1-4H3;4-6,9-10,14-21,23H,7-8,11-13,22H2,1-3H3;3-5,7-8,10-17,23,33-34H,6,9,18-22H2,1-2H3/b31-30+;2*30-29+. The minimum Gasteiger partial charge on any atom is -0.508 e. The number of allylic oxidation sites excluding steroid dienone is 3. The number of nitrogens with zero attached hydrogens (tertiary/aromatic N) is 4. The molecule has 9 aromatic rings. The van der Waals surface area contributed by atoms with E-state index >= 15 is 0 Å². The Kier molecular flexibility index (Phi) is 28.9. The van der Waals surface area contributed by atoms with Gasteiger partial charge in [0.1, 0.15) is 17.2 Å². The van der Waals surface area contributed by atoms with Crippen LogP contribution in [-0.4, -0.2) is 122 Å². The number of alkyl halides is 1. The first-order valence-corrected chi connectivity index (χ1v) is 38.5. The van der Waals surface area contributed by atoms with E-state index in [1.807, 2.05) is 133 Å². The van der Waals surface area contributed by atoms with E-state index in [0.29, 0.717) is 49.1 Å². The van der Waals surface area contributed by atoms with Crippen molar-refractivity contribution in [2.75, 3.05) is 89.1 Å². The molecule has 11 nitrogen and oxygen atoms in total. The van der Waals surface area contributed by atoms with Gasteiger partial charge in [0.05, 0.1) is 17.5 Å². The number of likely N-dealkylation sites (N-methyl/N-ethyl adjacent to an activating group) is 1. The van der Waals surface area contributed by atoms with E-state index in [-0.39, 0.29) is 37.6 Å². The summed E-state index contributed by atoms with van der Waals surface area (Å²) in [4.78, 5) is 34.5. The number of hydrogen-bond acceptors (Lipinski definition) is 11. The number of ether oxygens (including phenoxy) is 2. The average molecular weight is 1440 g/mol. The summed E-state index contributed by atoms with van der Waals surface area (Å²) in [6, 6.07) is 81.2. The lowest BCUT2D eigenvalue weighted by atomic mass is 9.79.